The predicted octanol–water partition coefficient (Wildman–Crippen LogP) is 3.92. The molecule has 0 saturated heterocycles. The number of hydrogen-bond acceptors (Lipinski definition) is 4. The molecule has 2 unspecified atom stereocenters. The Morgan fingerprint density at radius 2 is 1.93 bits per heavy atom. The second-order valence-electron chi connectivity index (χ2n) is 8.67. The molecule has 7 heteroatoms. The Kier molecular flexibility index (Phi) is 4.97. The summed E-state index contributed by atoms with van der Waals surface area (Å²) in [5, 5.41) is 10.8. The van der Waals surface area contributed by atoms with Crippen LogP contribution < -0.4 is 16.4 Å². The minimum atomic E-state index is -0.535. The number of fused-ring (bicyclic) bond motifs is 1. The van der Waals surface area contributed by atoms with E-state index in [0.29, 0.717) is 33.9 Å². The van der Waals surface area contributed by atoms with Crippen molar-refractivity contribution in [3.8, 4) is 0 Å². The highest BCUT2D eigenvalue weighted by atomic mass is 16.2. The van der Waals surface area contributed by atoms with Crippen molar-refractivity contribution in [3.05, 3.63) is 59.9 Å². The molecule has 1 aliphatic carbocycles. The monoisotopic (exact) mass is 405 g/mol. The van der Waals surface area contributed by atoms with Crippen LogP contribution in [-0.4, -0.2) is 27.5 Å². The quantitative estimate of drug-likeness (QED) is 0.599. The van der Waals surface area contributed by atoms with Gasteiger partial charge in [0, 0.05) is 11.6 Å². The predicted molar refractivity (Wildman–Crippen MR) is 118 cm³/mol. The van der Waals surface area contributed by atoms with Crippen LogP contribution in [0, 0.1) is 11.3 Å². The highest BCUT2D eigenvalue weighted by molar-refractivity contribution is 6.06. The molecule has 4 N–H and O–H groups in total. The molecule has 30 heavy (non-hydrogen) atoms. The Labute approximate surface area is 175 Å². The average Bonchev–Trinajstić information content (AvgIpc) is 3.23. The van der Waals surface area contributed by atoms with E-state index < -0.39 is 5.91 Å². The second-order valence-corrected chi connectivity index (χ2v) is 8.67. The summed E-state index contributed by atoms with van der Waals surface area (Å²) in [6.07, 6.45) is 5.34. The van der Waals surface area contributed by atoms with E-state index in [1.807, 2.05) is 24.3 Å². The molecule has 3 aromatic rings. The van der Waals surface area contributed by atoms with Crippen LogP contribution in [0.2, 0.25) is 0 Å². The fraction of sp³-hybridized carbons (Fsp3) is 0.348. The molecule has 1 aromatic carbocycles. The Morgan fingerprint density at radius 1 is 1.20 bits per heavy atom. The number of aromatic nitrogens is 2. The topological polar surface area (TPSA) is 102 Å². The molecule has 0 spiro atoms. The minimum Gasteiger partial charge on any atom is -0.379 e. The molecule has 0 radical (unpaired) electrons. The van der Waals surface area contributed by atoms with Crippen molar-refractivity contribution in [3.63, 3.8) is 0 Å². The molecule has 4 rings (SSSR count). The molecule has 1 fully saturated rings. The van der Waals surface area contributed by atoms with Gasteiger partial charge in [-0.25, -0.2) is 4.52 Å². The summed E-state index contributed by atoms with van der Waals surface area (Å²) in [6, 6.07) is 11.0. The van der Waals surface area contributed by atoms with Crippen LogP contribution >= 0.6 is 0 Å². The van der Waals surface area contributed by atoms with E-state index in [2.05, 4.69) is 36.5 Å². The maximum absolute atomic E-state index is 12.5. The van der Waals surface area contributed by atoms with Crippen LogP contribution in [0.1, 0.15) is 54.3 Å². The Hall–Kier alpha value is -3.35. The zero-order valence-electron chi connectivity index (χ0n) is 17.5. The van der Waals surface area contributed by atoms with Crippen LogP contribution in [0.3, 0.4) is 0 Å². The molecule has 0 bridgehead atoms. The van der Waals surface area contributed by atoms with E-state index in [-0.39, 0.29) is 17.4 Å². The normalized spacial score (nSPS) is 20.2. The second kappa shape index (κ2) is 7.48. The summed E-state index contributed by atoms with van der Waals surface area (Å²) in [5.41, 5.74) is 8.58. The van der Waals surface area contributed by atoms with Gasteiger partial charge in [-0.15, -0.1) is 0 Å². The highest BCUT2D eigenvalue weighted by Gasteiger charge is 2.41. The van der Waals surface area contributed by atoms with Gasteiger partial charge in [-0.2, -0.15) is 5.10 Å². The standard InChI is InChI=1S/C23H27N5O2/c1-14-9-10-19(23(14,2)3)27-20-17(21(24)29)12-25-28-13-16(11-18(20)28)26-22(30)15-7-5-4-6-8-15/h4-8,11-14,19,27H,9-10H2,1-3H3,(H2,24,29)(H,26,30). The third kappa shape index (κ3) is 3.51. The maximum Gasteiger partial charge on any atom is 0.255 e. The van der Waals surface area contributed by atoms with E-state index in [0.717, 1.165) is 12.8 Å². The smallest absolute Gasteiger partial charge is 0.255 e. The summed E-state index contributed by atoms with van der Waals surface area (Å²) in [4.78, 5) is 24.6. The van der Waals surface area contributed by atoms with Crippen molar-refractivity contribution in [2.24, 2.45) is 17.1 Å². The number of amides is 2. The van der Waals surface area contributed by atoms with Gasteiger partial charge in [0.25, 0.3) is 11.8 Å². The third-order valence-electron chi connectivity index (χ3n) is 6.57. The number of carbonyl (C=O) groups is 2. The van der Waals surface area contributed by atoms with Crippen molar-refractivity contribution in [1.29, 1.82) is 0 Å². The lowest BCUT2D eigenvalue weighted by Crippen LogP contribution is -2.35. The molecule has 2 atom stereocenters. The molecule has 2 amide bonds. The fourth-order valence-electron chi connectivity index (χ4n) is 4.19. The van der Waals surface area contributed by atoms with Gasteiger partial charge >= 0.3 is 0 Å². The van der Waals surface area contributed by atoms with Gasteiger partial charge in [0.2, 0.25) is 0 Å². The number of rotatable bonds is 5. The van der Waals surface area contributed by atoms with E-state index in [1.54, 1.807) is 22.8 Å². The first-order valence-electron chi connectivity index (χ1n) is 10.2. The first-order valence-corrected chi connectivity index (χ1v) is 10.2. The van der Waals surface area contributed by atoms with Gasteiger partial charge in [-0.1, -0.05) is 39.0 Å². The summed E-state index contributed by atoms with van der Waals surface area (Å²) < 4.78 is 1.65. The molecular weight excluding hydrogens is 378 g/mol. The number of benzene rings is 1. The molecule has 2 aromatic heterocycles. The largest absolute Gasteiger partial charge is 0.379 e. The van der Waals surface area contributed by atoms with E-state index >= 15 is 0 Å². The van der Waals surface area contributed by atoms with Crippen LogP contribution in [0.15, 0.2) is 48.8 Å². The van der Waals surface area contributed by atoms with E-state index in [9.17, 15) is 9.59 Å². The summed E-state index contributed by atoms with van der Waals surface area (Å²) in [6.45, 7) is 6.75. The van der Waals surface area contributed by atoms with Crippen molar-refractivity contribution in [1.82, 2.24) is 9.61 Å². The molecule has 7 nitrogen and oxygen atoms in total. The van der Waals surface area contributed by atoms with Crippen LogP contribution in [-0.2, 0) is 0 Å². The first kappa shape index (κ1) is 19.9. The van der Waals surface area contributed by atoms with Crippen molar-refractivity contribution in [2.45, 2.75) is 39.7 Å². The minimum absolute atomic E-state index is 0.0755. The Balaban J connectivity index is 1.70. The summed E-state index contributed by atoms with van der Waals surface area (Å²) in [5.74, 6) is -0.174. The van der Waals surface area contributed by atoms with Gasteiger partial charge < -0.3 is 16.4 Å². The fourth-order valence-corrected chi connectivity index (χ4v) is 4.19. The lowest BCUT2D eigenvalue weighted by molar-refractivity contribution is 0.0997. The number of nitrogens with one attached hydrogen (secondary N) is 2. The van der Waals surface area contributed by atoms with Crippen molar-refractivity contribution >= 4 is 28.7 Å². The first-order chi connectivity index (χ1) is 14.3. The molecule has 0 aliphatic heterocycles. The third-order valence-corrected chi connectivity index (χ3v) is 6.57. The number of primary amides is 1. The lowest BCUT2D eigenvalue weighted by atomic mass is 9.80. The van der Waals surface area contributed by atoms with Gasteiger partial charge in [0.15, 0.2) is 0 Å². The van der Waals surface area contributed by atoms with Gasteiger partial charge in [0.1, 0.15) is 0 Å². The SMILES string of the molecule is CC1CCC(Nc2c(C(N)=O)cnn3cc(NC(=O)c4ccccc4)cc23)C1(C)C. The summed E-state index contributed by atoms with van der Waals surface area (Å²) >= 11 is 0. The molecule has 156 valence electrons. The number of hydrogen-bond donors (Lipinski definition) is 3. The maximum atomic E-state index is 12.5. The van der Waals surface area contributed by atoms with Crippen molar-refractivity contribution in [2.75, 3.05) is 10.6 Å². The zero-order chi connectivity index (χ0) is 21.5. The Morgan fingerprint density at radius 3 is 2.57 bits per heavy atom. The van der Waals surface area contributed by atoms with Gasteiger partial charge in [-0.3, -0.25) is 9.59 Å². The van der Waals surface area contributed by atoms with E-state index in [1.165, 1.54) is 6.20 Å². The van der Waals surface area contributed by atoms with E-state index in [4.69, 9.17) is 5.73 Å². The number of nitrogens with two attached hydrogens (primary N) is 1. The molecular formula is C23H27N5O2. The Bertz CT molecular complexity index is 1100. The molecule has 2 heterocycles. The molecule has 1 aliphatic rings. The van der Waals surface area contributed by atoms with Crippen molar-refractivity contribution < 1.29 is 9.59 Å². The van der Waals surface area contributed by atoms with Crippen LogP contribution in [0.25, 0.3) is 5.52 Å². The van der Waals surface area contributed by atoms with Crippen LogP contribution in [0.5, 0.6) is 0 Å². The summed E-state index contributed by atoms with van der Waals surface area (Å²) in [7, 11) is 0. The average molecular weight is 406 g/mol. The zero-order valence-corrected chi connectivity index (χ0v) is 17.5. The van der Waals surface area contributed by atoms with Gasteiger partial charge in [-0.05, 0) is 42.4 Å². The molecule has 1 saturated carbocycles. The lowest BCUT2D eigenvalue weighted by Gasteiger charge is -2.33. The number of carbonyl (C=O) groups excluding carboxylic acids is 2. The van der Waals surface area contributed by atoms with Gasteiger partial charge in [0.05, 0.1) is 34.8 Å². The van der Waals surface area contributed by atoms with Crippen LogP contribution in [0.4, 0.5) is 11.4 Å². The highest BCUT2D eigenvalue weighted by Crippen LogP contribution is 2.44. The number of nitrogens with zero attached hydrogens (tertiary/aromatic N) is 2. The number of anilines is 2.